The predicted molar refractivity (Wildman–Crippen MR) is 112 cm³/mol. The molecule has 30 heavy (non-hydrogen) atoms. The SMILES string of the molecule is COC(=O)C(Cc1ccc(O)cc1)NC(=O)/C=C/c1coc2ccc(C)cc2c1=O. The van der Waals surface area contributed by atoms with Gasteiger partial charge >= 0.3 is 5.97 Å². The molecule has 1 amide bonds. The largest absolute Gasteiger partial charge is 0.508 e. The smallest absolute Gasteiger partial charge is 0.328 e. The number of esters is 1. The van der Waals surface area contributed by atoms with Gasteiger partial charge in [0.25, 0.3) is 0 Å². The van der Waals surface area contributed by atoms with Crippen molar-refractivity contribution in [2.75, 3.05) is 7.11 Å². The lowest BCUT2D eigenvalue weighted by Gasteiger charge is -2.15. The van der Waals surface area contributed by atoms with Gasteiger partial charge in [0.15, 0.2) is 5.43 Å². The number of carbonyl (C=O) groups excluding carboxylic acids is 2. The van der Waals surface area contributed by atoms with Crippen LogP contribution in [0.2, 0.25) is 0 Å². The van der Waals surface area contributed by atoms with Gasteiger partial charge in [-0.05, 0) is 42.8 Å². The van der Waals surface area contributed by atoms with Crippen LogP contribution in [0, 0.1) is 6.92 Å². The first-order chi connectivity index (χ1) is 14.4. The van der Waals surface area contributed by atoms with Crippen LogP contribution in [0.25, 0.3) is 17.0 Å². The third-order valence-electron chi connectivity index (χ3n) is 4.55. The van der Waals surface area contributed by atoms with Crippen molar-refractivity contribution in [2.24, 2.45) is 0 Å². The van der Waals surface area contributed by atoms with Crippen LogP contribution in [-0.2, 0) is 20.7 Å². The first kappa shape index (κ1) is 20.9. The number of phenols is 1. The summed E-state index contributed by atoms with van der Waals surface area (Å²) in [4.78, 5) is 37.0. The van der Waals surface area contributed by atoms with E-state index in [2.05, 4.69) is 5.32 Å². The molecule has 1 aromatic heterocycles. The number of aryl methyl sites for hydroxylation is 1. The van der Waals surface area contributed by atoms with Crippen molar-refractivity contribution in [1.29, 1.82) is 0 Å². The molecule has 3 aromatic rings. The van der Waals surface area contributed by atoms with Gasteiger partial charge in [0.1, 0.15) is 23.6 Å². The lowest BCUT2D eigenvalue weighted by Crippen LogP contribution is -2.42. The number of ether oxygens (including phenoxy) is 1. The van der Waals surface area contributed by atoms with Gasteiger partial charge in [-0.1, -0.05) is 23.8 Å². The van der Waals surface area contributed by atoms with Gasteiger partial charge in [0.2, 0.25) is 5.91 Å². The molecule has 0 bridgehead atoms. The van der Waals surface area contributed by atoms with Crippen LogP contribution in [0.1, 0.15) is 16.7 Å². The van der Waals surface area contributed by atoms with E-state index in [1.807, 2.05) is 13.0 Å². The molecule has 0 saturated carbocycles. The third kappa shape index (κ3) is 4.94. The molecular weight excluding hydrogens is 386 g/mol. The zero-order valence-electron chi connectivity index (χ0n) is 16.5. The third-order valence-corrected chi connectivity index (χ3v) is 4.55. The van der Waals surface area contributed by atoms with Crippen molar-refractivity contribution in [2.45, 2.75) is 19.4 Å². The van der Waals surface area contributed by atoms with Gasteiger partial charge in [-0.15, -0.1) is 0 Å². The average Bonchev–Trinajstić information content (AvgIpc) is 2.74. The van der Waals surface area contributed by atoms with Gasteiger partial charge in [-0.2, -0.15) is 0 Å². The number of amides is 1. The number of phenolic OH excluding ortho intramolecular Hbond substituents is 1. The maximum atomic E-state index is 12.6. The first-order valence-corrected chi connectivity index (χ1v) is 9.24. The number of hydrogen-bond donors (Lipinski definition) is 2. The lowest BCUT2D eigenvalue weighted by molar-refractivity contribution is -0.144. The molecule has 154 valence electrons. The summed E-state index contributed by atoms with van der Waals surface area (Å²) in [7, 11) is 1.23. The van der Waals surface area contributed by atoms with Crippen LogP contribution in [-0.4, -0.2) is 30.1 Å². The number of carbonyl (C=O) groups is 2. The minimum absolute atomic E-state index is 0.102. The van der Waals surface area contributed by atoms with Crippen molar-refractivity contribution in [3.63, 3.8) is 0 Å². The van der Waals surface area contributed by atoms with Crippen molar-refractivity contribution in [3.8, 4) is 5.75 Å². The van der Waals surface area contributed by atoms with Crippen molar-refractivity contribution < 1.29 is 23.8 Å². The summed E-state index contributed by atoms with van der Waals surface area (Å²) in [5.41, 5.74) is 2.09. The molecule has 2 N–H and O–H groups in total. The number of aromatic hydroxyl groups is 1. The van der Waals surface area contributed by atoms with Crippen molar-refractivity contribution >= 4 is 28.9 Å². The molecule has 0 radical (unpaired) electrons. The van der Waals surface area contributed by atoms with Gasteiger partial charge in [0, 0.05) is 12.5 Å². The van der Waals surface area contributed by atoms with Gasteiger partial charge in [-0.3, -0.25) is 9.59 Å². The van der Waals surface area contributed by atoms with Crippen molar-refractivity contribution in [1.82, 2.24) is 5.32 Å². The molecule has 3 rings (SSSR count). The molecule has 0 saturated heterocycles. The Bertz CT molecular complexity index is 1160. The van der Waals surface area contributed by atoms with E-state index in [4.69, 9.17) is 9.15 Å². The average molecular weight is 407 g/mol. The van der Waals surface area contributed by atoms with Gasteiger partial charge in [-0.25, -0.2) is 4.79 Å². The van der Waals surface area contributed by atoms with Crippen LogP contribution in [0.15, 0.2) is 64.0 Å². The fourth-order valence-electron chi connectivity index (χ4n) is 2.96. The standard InChI is InChI=1S/C23H21NO6/c1-14-3-9-20-18(11-14)22(27)16(13-30-20)6-10-21(26)24-19(23(28)29-2)12-15-4-7-17(25)8-5-15/h3-11,13,19,25H,12H2,1-2H3,(H,24,26)/b10-6+. The zero-order valence-corrected chi connectivity index (χ0v) is 16.5. The van der Waals surface area contributed by atoms with E-state index in [9.17, 15) is 19.5 Å². The topological polar surface area (TPSA) is 106 Å². The Kier molecular flexibility index (Phi) is 6.32. The van der Waals surface area contributed by atoms with E-state index < -0.39 is 17.9 Å². The maximum Gasteiger partial charge on any atom is 0.328 e. The summed E-state index contributed by atoms with van der Waals surface area (Å²) in [6.45, 7) is 1.87. The van der Waals surface area contributed by atoms with E-state index in [1.54, 1.807) is 24.3 Å². The number of benzene rings is 2. The normalized spacial score (nSPS) is 12.1. The highest BCUT2D eigenvalue weighted by Gasteiger charge is 2.21. The Hall–Kier alpha value is -3.87. The number of fused-ring (bicyclic) bond motifs is 1. The van der Waals surface area contributed by atoms with Crippen molar-refractivity contribution in [3.05, 3.63) is 81.7 Å². The molecule has 1 atom stereocenters. The Morgan fingerprint density at radius 3 is 2.63 bits per heavy atom. The number of rotatable bonds is 6. The second-order valence-electron chi connectivity index (χ2n) is 6.81. The molecule has 0 aliphatic carbocycles. The molecular formula is C23H21NO6. The molecule has 0 aliphatic rings. The number of methoxy groups -OCH3 is 1. The Labute approximate surface area is 172 Å². The molecule has 0 fully saturated rings. The van der Waals surface area contributed by atoms with Crippen LogP contribution < -0.4 is 10.7 Å². The van der Waals surface area contributed by atoms with Gasteiger partial charge in [0.05, 0.1) is 18.1 Å². The molecule has 0 spiro atoms. The highest BCUT2D eigenvalue weighted by molar-refractivity contribution is 5.95. The lowest BCUT2D eigenvalue weighted by atomic mass is 10.1. The molecule has 2 aromatic carbocycles. The molecule has 7 heteroatoms. The van der Waals surface area contributed by atoms with Crippen LogP contribution in [0.5, 0.6) is 5.75 Å². The second kappa shape index (κ2) is 9.09. The highest BCUT2D eigenvalue weighted by atomic mass is 16.5. The maximum absolute atomic E-state index is 12.6. The zero-order chi connectivity index (χ0) is 21.7. The van der Waals surface area contributed by atoms with E-state index in [0.29, 0.717) is 11.0 Å². The van der Waals surface area contributed by atoms with E-state index in [0.717, 1.165) is 11.1 Å². The number of nitrogens with one attached hydrogen (secondary N) is 1. The van der Waals surface area contributed by atoms with Gasteiger partial charge < -0.3 is 19.6 Å². The minimum Gasteiger partial charge on any atom is -0.508 e. The van der Waals surface area contributed by atoms with E-state index >= 15 is 0 Å². The van der Waals surface area contributed by atoms with Crippen LogP contribution >= 0.6 is 0 Å². The summed E-state index contributed by atoms with van der Waals surface area (Å²) in [6, 6.07) is 10.6. The van der Waals surface area contributed by atoms with Crippen LogP contribution in [0.3, 0.4) is 0 Å². The molecule has 1 heterocycles. The Morgan fingerprint density at radius 1 is 1.20 bits per heavy atom. The number of hydrogen-bond acceptors (Lipinski definition) is 6. The Balaban J connectivity index is 1.76. The molecule has 0 aliphatic heterocycles. The second-order valence-corrected chi connectivity index (χ2v) is 6.81. The minimum atomic E-state index is -0.924. The van der Waals surface area contributed by atoms with Crippen LogP contribution in [0.4, 0.5) is 0 Å². The summed E-state index contributed by atoms with van der Waals surface area (Å²) in [5.74, 6) is -1.07. The molecule has 1 unspecified atom stereocenters. The first-order valence-electron chi connectivity index (χ1n) is 9.24. The summed E-state index contributed by atoms with van der Waals surface area (Å²) in [6.07, 6.45) is 3.99. The van der Waals surface area contributed by atoms with E-state index in [-0.39, 0.29) is 23.2 Å². The fraction of sp³-hybridized carbons (Fsp3) is 0.174. The fourth-order valence-corrected chi connectivity index (χ4v) is 2.96. The summed E-state index contributed by atoms with van der Waals surface area (Å²) in [5, 5.41) is 12.4. The highest BCUT2D eigenvalue weighted by Crippen LogP contribution is 2.14. The quantitative estimate of drug-likeness (QED) is 0.481. The molecule has 7 nitrogen and oxygen atoms in total. The Morgan fingerprint density at radius 2 is 1.93 bits per heavy atom. The summed E-state index contributed by atoms with van der Waals surface area (Å²) >= 11 is 0. The predicted octanol–water partition coefficient (Wildman–Crippen LogP) is 2.72. The monoisotopic (exact) mass is 407 g/mol. The van der Waals surface area contributed by atoms with E-state index in [1.165, 1.54) is 37.7 Å². The summed E-state index contributed by atoms with van der Waals surface area (Å²) < 4.78 is 10.2.